The maximum Gasteiger partial charge on any atom is 0.264 e. The van der Waals surface area contributed by atoms with E-state index in [0.29, 0.717) is 23.9 Å². The zero-order valence-corrected chi connectivity index (χ0v) is 16.0. The van der Waals surface area contributed by atoms with Crippen molar-refractivity contribution >= 4 is 10.0 Å². The highest BCUT2D eigenvalue weighted by Crippen LogP contribution is 2.15. The third-order valence-corrected chi connectivity index (χ3v) is 5.87. The molecule has 7 nitrogen and oxygen atoms in total. The van der Waals surface area contributed by atoms with E-state index in [0.717, 1.165) is 5.56 Å². The fraction of sp³-hybridized carbons (Fsp3) is 0.263. The summed E-state index contributed by atoms with van der Waals surface area (Å²) in [4.78, 5) is 4.50. The first-order valence-electron chi connectivity index (χ1n) is 8.47. The standard InChI is InChI=1S/C19H21N3O4S/c1-15-8-10-17(11-9-15)27(23,24)22(2)13-12-18-20-19(26-21-18)14-25-16-6-4-3-5-7-16/h3-11H,12-14H2,1-2H3. The number of sulfonamides is 1. The molecule has 0 N–H and O–H groups in total. The van der Waals surface area contributed by atoms with Crippen LogP contribution in [0.4, 0.5) is 0 Å². The second-order valence-electron chi connectivity index (χ2n) is 6.10. The fourth-order valence-electron chi connectivity index (χ4n) is 2.38. The maximum atomic E-state index is 12.6. The Morgan fingerprint density at radius 1 is 1.07 bits per heavy atom. The lowest BCUT2D eigenvalue weighted by molar-refractivity contribution is 0.242. The molecule has 0 amide bonds. The van der Waals surface area contributed by atoms with Gasteiger partial charge in [0.2, 0.25) is 10.0 Å². The number of rotatable bonds is 8. The van der Waals surface area contributed by atoms with Gasteiger partial charge in [0.25, 0.3) is 5.89 Å². The van der Waals surface area contributed by atoms with Gasteiger partial charge in [0.15, 0.2) is 12.4 Å². The molecule has 0 aliphatic carbocycles. The van der Waals surface area contributed by atoms with Crippen LogP contribution in [-0.2, 0) is 23.1 Å². The van der Waals surface area contributed by atoms with Crippen LogP contribution in [0.1, 0.15) is 17.3 Å². The monoisotopic (exact) mass is 387 g/mol. The molecule has 0 fully saturated rings. The van der Waals surface area contributed by atoms with Crippen LogP contribution < -0.4 is 4.74 Å². The summed E-state index contributed by atoms with van der Waals surface area (Å²) < 4.78 is 37.1. The van der Waals surface area contributed by atoms with Crippen molar-refractivity contribution in [1.82, 2.24) is 14.4 Å². The Kier molecular flexibility index (Phi) is 5.88. The van der Waals surface area contributed by atoms with Crippen LogP contribution in [0.5, 0.6) is 5.75 Å². The zero-order chi connectivity index (χ0) is 19.3. The highest BCUT2D eigenvalue weighted by atomic mass is 32.2. The summed E-state index contributed by atoms with van der Waals surface area (Å²) in [7, 11) is -2.01. The smallest absolute Gasteiger partial charge is 0.264 e. The molecule has 0 spiro atoms. The Balaban J connectivity index is 1.55. The SMILES string of the molecule is Cc1ccc(S(=O)(=O)N(C)CCc2noc(COc3ccccc3)n2)cc1. The number of aromatic nitrogens is 2. The normalized spacial score (nSPS) is 11.7. The summed E-state index contributed by atoms with van der Waals surface area (Å²) in [5.41, 5.74) is 1.01. The average molecular weight is 387 g/mol. The van der Waals surface area contributed by atoms with Gasteiger partial charge in [0.1, 0.15) is 5.75 Å². The van der Waals surface area contributed by atoms with Gasteiger partial charge in [-0.15, -0.1) is 0 Å². The Labute approximate surface area is 158 Å². The molecule has 0 saturated heterocycles. The molecular weight excluding hydrogens is 366 g/mol. The first-order chi connectivity index (χ1) is 12.9. The van der Waals surface area contributed by atoms with Crippen molar-refractivity contribution in [2.24, 2.45) is 0 Å². The van der Waals surface area contributed by atoms with Gasteiger partial charge in [0.05, 0.1) is 4.90 Å². The van der Waals surface area contributed by atoms with E-state index in [4.69, 9.17) is 9.26 Å². The first-order valence-corrected chi connectivity index (χ1v) is 9.91. The highest BCUT2D eigenvalue weighted by Gasteiger charge is 2.21. The summed E-state index contributed by atoms with van der Waals surface area (Å²) in [6, 6.07) is 16.1. The van der Waals surface area contributed by atoms with E-state index < -0.39 is 10.0 Å². The van der Waals surface area contributed by atoms with Gasteiger partial charge in [-0.3, -0.25) is 0 Å². The number of benzene rings is 2. The first kappa shape index (κ1) is 19.1. The number of likely N-dealkylation sites (N-methyl/N-ethyl adjacent to an activating group) is 1. The van der Waals surface area contributed by atoms with Crippen molar-refractivity contribution in [3.8, 4) is 5.75 Å². The molecule has 3 aromatic rings. The quantitative estimate of drug-likeness (QED) is 0.591. The van der Waals surface area contributed by atoms with E-state index in [1.165, 1.54) is 11.4 Å². The number of aryl methyl sites for hydroxylation is 1. The molecule has 3 rings (SSSR count). The Bertz CT molecular complexity index is 970. The number of ether oxygens (including phenoxy) is 1. The molecule has 27 heavy (non-hydrogen) atoms. The predicted octanol–water partition coefficient (Wildman–Crippen LogP) is 2.82. The van der Waals surface area contributed by atoms with E-state index in [2.05, 4.69) is 10.1 Å². The van der Waals surface area contributed by atoms with Crippen molar-refractivity contribution in [1.29, 1.82) is 0 Å². The van der Waals surface area contributed by atoms with Crippen LogP contribution in [0, 0.1) is 6.92 Å². The van der Waals surface area contributed by atoms with Gasteiger partial charge in [-0.05, 0) is 31.2 Å². The Morgan fingerprint density at radius 3 is 2.48 bits per heavy atom. The van der Waals surface area contributed by atoms with E-state index >= 15 is 0 Å². The van der Waals surface area contributed by atoms with E-state index in [1.54, 1.807) is 24.3 Å². The van der Waals surface area contributed by atoms with Crippen molar-refractivity contribution in [3.05, 3.63) is 71.9 Å². The van der Waals surface area contributed by atoms with Gasteiger partial charge < -0.3 is 9.26 Å². The lowest BCUT2D eigenvalue weighted by Gasteiger charge is -2.16. The molecule has 0 aliphatic rings. The van der Waals surface area contributed by atoms with Gasteiger partial charge in [-0.1, -0.05) is 41.1 Å². The minimum absolute atomic E-state index is 0.161. The zero-order valence-electron chi connectivity index (χ0n) is 15.2. The lowest BCUT2D eigenvalue weighted by atomic mass is 10.2. The molecule has 0 aliphatic heterocycles. The second-order valence-corrected chi connectivity index (χ2v) is 8.14. The lowest BCUT2D eigenvalue weighted by Crippen LogP contribution is -2.29. The summed E-state index contributed by atoms with van der Waals surface area (Å²) in [5, 5.41) is 3.88. The average Bonchev–Trinajstić information content (AvgIpc) is 3.13. The van der Waals surface area contributed by atoms with Crippen LogP contribution in [-0.4, -0.2) is 36.5 Å². The van der Waals surface area contributed by atoms with Gasteiger partial charge in [0, 0.05) is 20.0 Å². The Morgan fingerprint density at radius 2 is 1.78 bits per heavy atom. The molecule has 0 radical (unpaired) electrons. The third kappa shape index (κ3) is 4.93. The second kappa shape index (κ2) is 8.32. The number of para-hydroxylation sites is 1. The topological polar surface area (TPSA) is 85.5 Å². The predicted molar refractivity (Wildman–Crippen MR) is 99.8 cm³/mol. The third-order valence-electron chi connectivity index (χ3n) is 4.00. The highest BCUT2D eigenvalue weighted by molar-refractivity contribution is 7.89. The summed E-state index contributed by atoms with van der Waals surface area (Å²) in [6.45, 7) is 2.32. The minimum atomic E-state index is -3.54. The molecule has 0 atom stereocenters. The molecule has 1 heterocycles. The molecule has 142 valence electrons. The van der Waals surface area contributed by atoms with E-state index in [9.17, 15) is 8.42 Å². The van der Waals surface area contributed by atoms with Gasteiger partial charge in [-0.2, -0.15) is 4.98 Å². The molecule has 8 heteroatoms. The van der Waals surface area contributed by atoms with E-state index in [1.807, 2.05) is 37.3 Å². The van der Waals surface area contributed by atoms with Crippen LogP contribution in [0.15, 0.2) is 64.0 Å². The van der Waals surface area contributed by atoms with E-state index in [-0.39, 0.29) is 18.0 Å². The fourth-order valence-corrected chi connectivity index (χ4v) is 3.55. The summed E-state index contributed by atoms with van der Waals surface area (Å²) in [6.07, 6.45) is 0.344. The minimum Gasteiger partial charge on any atom is -0.484 e. The molecule has 0 unspecified atom stereocenters. The van der Waals surface area contributed by atoms with Crippen LogP contribution >= 0.6 is 0 Å². The Hall–Kier alpha value is -2.71. The largest absolute Gasteiger partial charge is 0.484 e. The molecule has 0 saturated carbocycles. The van der Waals surface area contributed by atoms with Crippen LogP contribution in [0.25, 0.3) is 0 Å². The van der Waals surface area contributed by atoms with Crippen molar-refractivity contribution in [3.63, 3.8) is 0 Å². The number of hydrogen-bond donors (Lipinski definition) is 0. The molecule has 1 aromatic heterocycles. The van der Waals surface area contributed by atoms with Gasteiger partial charge in [-0.25, -0.2) is 12.7 Å². The van der Waals surface area contributed by atoms with Crippen molar-refractivity contribution in [2.45, 2.75) is 24.8 Å². The van der Waals surface area contributed by atoms with Crippen LogP contribution in [0.3, 0.4) is 0 Å². The maximum absolute atomic E-state index is 12.6. The van der Waals surface area contributed by atoms with Gasteiger partial charge >= 0.3 is 0 Å². The molecule has 2 aromatic carbocycles. The number of nitrogens with zero attached hydrogens (tertiary/aromatic N) is 3. The number of hydrogen-bond acceptors (Lipinski definition) is 6. The summed E-state index contributed by atoms with van der Waals surface area (Å²) in [5.74, 6) is 1.49. The molecule has 0 bridgehead atoms. The van der Waals surface area contributed by atoms with Crippen LogP contribution in [0.2, 0.25) is 0 Å². The summed E-state index contributed by atoms with van der Waals surface area (Å²) >= 11 is 0. The van der Waals surface area contributed by atoms with Crippen molar-refractivity contribution < 1.29 is 17.7 Å². The van der Waals surface area contributed by atoms with Crippen molar-refractivity contribution in [2.75, 3.05) is 13.6 Å². The molecular formula is C19H21N3O4S.